The van der Waals surface area contributed by atoms with E-state index in [4.69, 9.17) is 16.3 Å². The van der Waals surface area contributed by atoms with E-state index in [1.165, 1.54) is 0 Å². The zero-order valence-electron chi connectivity index (χ0n) is 14.7. The molecule has 7 heteroatoms. The predicted molar refractivity (Wildman–Crippen MR) is 104 cm³/mol. The normalized spacial score (nSPS) is 22.0. The minimum atomic E-state index is 0.278. The molecule has 0 aliphatic carbocycles. The quantitative estimate of drug-likeness (QED) is 0.843. The van der Waals surface area contributed by atoms with E-state index in [1.807, 2.05) is 34.9 Å². The fourth-order valence-corrected chi connectivity index (χ4v) is 4.50. The van der Waals surface area contributed by atoms with E-state index in [0.29, 0.717) is 12.5 Å². The van der Waals surface area contributed by atoms with Crippen LogP contribution in [0.15, 0.2) is 18.2 Å². The molecule has 0 saturated carbocycles. The minimum absolute atomic E-state index is 0.278. The largest absolute Gasteiger partial charge is 0.496 e. The molecule has 0 aromatic heterocycles. The number of thioether (sulfide) groups is 1. The first-order chi connectivity index (χ1) is 12.2. The summed E-state index contributed by atoms with van der Waals surface area (Å²) in [5, 5.41) is 4.17. The van der Waals surface area contributed by atoms with Gasteiger partial charge in [-0.2, -0.15) is 11.8 Å². The summed E-state index contributed by atoms with van der Waals surface area (Å²) in [6, 6.07) is 6.05. The third kappa shape index (κ3) is 5.26. The highest BCUT2D eigenvalue weighted by atomic mass is 35.5. The van der Waals surface area contributed by atoms with E-state index in [9.17, 15) is 4.79 Å². The van der Waals surface area contributed by atoms with E-state index in [-0.39, 0.29) is 5.91 Å². The maximum absolute atomic E-state index is 12.5. The summed E-state index contributed by atoms with van der Waals surface area (Å²) in [5.74, 6) is 3.33. The molecule has 0 bridgehead atoms. The summed E-state index contributed by atoms with van der Waals surface area (Å²) >= 11 is 8.05. The molecule has 138 valence electrons. The van der Waals surface area contributed by atoms with Gasteiger partial charge in [-0.15, -0.1) is 0 Å². The second kappa shape index (κ2) is 9.12. The molecule has 1 amide bonds. The molecule has 1 atom stereocenters. The van der Waals surface area contributed by atoms with E-state index < -0.39 is 0 Å². The van der Waals surface area contributed by atoms with Crippen molar-refractivity contribution in [1.29, 1.82) is 0 Å². The standard InChI is InChI=1S/C18H26ClN3O2S/c1-24-17-3-2-15(19)10-14(17)12-21-5-7-22(8-6-21)18(23)11-16-13-25-9-4-20-16/h2-3,10,16,20H,4-9,11-13H2,1H3. The summed E-state index contributed by atoms with van der Waals surface area (Å²) in [4.78, 5) is 16.9. The number of nitrogens with zero attached hydrogens (tertiary/aromatic N) is 2. The van der Waals surface area contributed by atoms with Crippen LogP contribution in [0.3, 0.4) is 0 Å². The number of carbonyl (C=O) groups is 1. The van der Waals surface area contributed by atoms with Crippen LogP contribution >= 0.6 is 23.4 Å². The van der Waals surface area contributed by atoms with Gasteiger partial charge >= 0.3 is 0 Å². The van der Waals surface area contributed by atoms with E-state index in [1.54, 1.807) is 7.11 Å². The number of carbonyl (C=O) groups excluding carboxylic acids is 1. The first kappa shape index (κ1) is 18.8. The lowest BCUT2D eigenvalue weighted by atomic mass is 10.1. The number of nitrogens with one attached hydrogen (secondary N) is 1. The van der Waals surface area contributed by atoms with Crippen molar-refractivity contribution in [3.63, 3.8) is 0 Å². The van der Waals surface area contributed by atoms with Crippen molar-refractivity contribution in [3.8, 4) is 5.75 Å². The lowest BCUT2D eigenvalue weighted by Crippen LogP contribution is -2.50. The SMILES string of the molecule is COc1ccc(Cl)cc1CN1CCN(C(=O)CC2CSCCN2)CC1. The van der Waals surface area contributed by atoms with Crippen LogP contribution in [0, 0.1) is 0 Å². The van der Waals surface area contributed by atoms with Crippen LogP contribution < -0.4 is 10.1 Å². The fraction of sp³-hybridized carbons (Fsp3) is 0.611. The predicted octanol–water partition coefficient (Wildman–Crippen LogP) is 2.09. The molecule has 0 spiro atoms. The van der Waals surface area contributed by atoms with Crippen molar-refractivity contribution >= 4 is 29.3 Å². The van der Waals surface area contributed by atoms with Crippen molar-refractivity contribution in [2.75, 3.05) is 51.3 Å². The molecule has 2 heterocycles. The zero-order chi connectivity index (χ0) is 17.6. The van der Waals surface area contributed by atoms with Crippen LogP contribution in [0.4, 0.5) is 0 Å². The van der Waals surface area contributed by atoms with Crippen LogP contribution in [0.1, 0.15) is 12.0 Å². The van der Waals surface area contributed by atoms with Crippen LogP contribution in [-0.2, 0) is 11.3 Å². The number of rotatable bonds is 5. The lowest BCUT2D eigenvalue weighted by molar-refractivity contribution is -0.133. The molecule has 2 aliphatic rings. The van der Waals surface area contributed by atoms with Gasteiger partial charge < -0.3 is 15.0 Å². The summed E-state index contributed by atoms with van der Waals surface area (Å²) in [6.45, 7) is 5.16. The van der Waals surface area contributed by atoms with Crippen LogP contribution in [0.25, 0.3) is 0 Å². The van der Waals surface area contributed by atoms with Gasteiger partial charge in [-0.1, -0.05) is 11.6 Å². The van der Waals surface area contributed by atoms with Gasteiger partial charge in [-0.3, -0.25) is 9.69 Å². The Kier molecular flexibility index (Phi) is 6.87. The van der Waals surface area contributed by atoms with Crippen molar-refractivity contribution < 1.29 is 9.53 Å². The molecule has 0 radical (unpaired) electrons. The summed E-state index contributed by atoms with van der Waals surface area (Å²) < 4.78 is 5.43. The van der Waals surface area contributed by atoms with E-state index in [2.05, 4.69) is 10.2 Å². The Bertz CT molecular complexity index is 588. The van der Waals surface area contributed by atoms with Gasteiger partial charge in [0.2, 0.25) is 5.91 Å². The first-order valence-corrected chi connectivity index (χ1v) is 10.3. The average Bonchev–Trinajstić information content (AvgIpc) is 2.63. The van der Waals surface area contributed by atoms with E-state index in [0.717, 1.165) is 67.1 Å². The number of amides is 1. The highest BCUT2D eigenvalue weighted by Gasteiger charge is 2.24. The smallest absolute Gasteiger partial charge is 0.224 e. The number of piperazine rings is 1. The first-order valence-electron chi connectivity index (χ1n) is 8.79. The Labute approximate surface area is 159 Å². The summed E-state index contributed by atoms with van der Waals surface area (Å²) in [5.41, 5.74) is 1.10. The number of halogens is 1. The van der Waals surface area contributed by atoms with Crippen molar-refractivity contribution in [2.45, 2.75) is 19.0 Å². The van der Waals surface area contributed by atoms with Gasteiger partial charge in [0.1, 0.15) is 5.75 Å². The van der Waals surface area contributed by atoms with Crippen LogP contribution in [-0.4, -0.2) is 73.1 Å². The molecule has 1 aromatic rings. The molecule has 5 nitrogen and oxygen atoms in total. The molecule has 3 rings (SSSR count). The Morgan fingerprint density at radius 2 is 2.16 bits per heavy atom. The highest BCUT2D eigenvalue weighted by molar-refractivity contribution is 7.99. The summed E-state index contributed by atoms with van der Waals surface area (Å²) in [6.07, 6.45) is 0.620. The molecule has 1 N–H and O–H groups in total. The molecule has 1 aromatic carbocycles. The van der Waals surface area contributed by atoms with Crippen LogP contribution in [0.2, 0.25) is 5.02 Å². The zero-order valence-corrected chi connectivity index (χ0v) is 16.2. The Hall–Kier alpha value is -0.950. The van der Waals surface area contributed by atoms with Gasteiger partial charge in [0.15, 0.2) is 0 Å². The molecular formula is C18H26ClN3O2S. The fourth-order valence-electron chi connectivity index (χ4n) is 3.36. The lowest BCUT2D eigenvalue weighted by Gasteiger charge is -2.36. The van der Waals surface area contributed by atoms with Gasteiger partial charge in [-0.05, 0) is 18.2 Å². The molecule has 1 unspecified atom stereocenters. The summed E-state index contributed by atoms with van der Waals surface area (Å²) in [7, 11) is 1.68. The highest BCUT2D eigenvalue weighted by Crippen LogP contribution is 2.24. The molecule has 2 fully saturated rings. The Balaban J connectivity index is 1.48. The van der Waals surface area contributed by atoms with Crippen LogP contribution in [0.5, 0.6) is 5.75 Å². The molecular weight excluding hydrogens is 358 g/mol. The minimum Gasteiger partial charge on any atom is -0.496 e. The second-order valence-corrected chi connectivity index (χ2v) is 8.13. The molecule has 2 aliphatic heterocycles. The van der Waals surface area contributed by atoms with Crippen molar-refractivity contribution in [1.82, 2.24) is 15.1 Å². The average molecular weight is 384 g/mol. The monoisotopic (exact) mass is 383 g/mol. The second-order valence-electron chi connectivity index (χ2n) is 6.54. The molecule has 2 saturated heterocycles. The molecule has 25 heavy (non-hydrogen) atoms. The maximum Gasteiger partial charge on any atom is 0.224 e. The van der Waals surface area contributed by atoms with Crippen molar-refractivity contribution in [2.24, 2.45) is 0 Å². The van der Waals surface area contributed by atoms with Gasteiger partial charge in [0, 0.05) is 73.8 Å². The number of benzene rings is 1. The number of ether oxygens (including phenoxy) is 1. The van der Waals surface area contributed by atoms with Gasteiger partial charge in [0.05, 0.1) is 7.11 Å². The third-order valence-electron chi connectivity index (χ3n) is 4.78. The van der Waals surface area contributed by atoms with Crippen molar-refractivity contribution in [3.05, 3.63) is 28.8 Å². The number of hydrogen-bond acceptors (Lipinski definition) is 5. The topological polar surface area (TPSA) is 44.8 Å². The Morgan fingerprint density at radius 3 is 2.84 bits per heavy atom. The van der Waals surface area contributed by atoms with Gasteiger partial charge in [-0.25, -0.2) is 0 Å². The number of methoxy groups -OCH3 is 1. The number of hydrogen-bond donors (Lipinski definition) is 1. The maximum atomic E-state index is 12.5. The third-order valence-corrected chi connectivity index (χ3v) is 6.15. The van der Waals surface area contributed by atoms with Gasteiger partial charge in [0.25, 0.3) is 0 Å². The van der Waals surface area contributed by atoms with E-state index >= 15 is 0 Å². The Morgan fingerprint density at radius 1 is 1.36 bits per heavy atom.